The number of alkyl halides is 3. The summed E-state index contributed by atoms with van der Waals surface area (Å²) >= 11 is 0. The third-order valence-electron chi connectivity index (χ3n) is 6.17. The number of nitrogens with zero attached hydrogens (tertiary/aromatic N) is 2. The number of halogens is 4. The van der Waals surface area contributed by atoms with Gasteiger partial charge in [-0.25, -0.2) is 12.8 Å². The Kier molecular flexibility index (Phi) is 5.72. The molecule has 2 aliphatic rings. The van der Waals surface area contributed by atoms with Crippen molar-refractivity contribution < 1.29 is 30.7 Å². The van der Waals surface area contributed by atoms with Crippen molar-refractivity contribution in [3.8, 4) is 6.07 Å². The van der Waals surface area contributed by atoms with Crippen LogP contribution in [-0.4, -0.2) is 8.42 Å². The quantitative estimate of drug-likeness (QED) is 0.462. The van der Waals surface area contributed by atoms with Crippen molar-refractivity contribution in [2.75, 3.05) is 4.31 Å². The van der Waals surface area contributed by atoms with Crippen molar-refractivity contribution in [2.45, 2.75) is 18.6 Å². The zero-order valence-corrected chi connectivity index (χ0v) is 19.6. The van der Waals surface area contributed by atoms with Gasteiger partial charge in [-0.05, 0) is 47.5 Å². The number of ether oxygens (including phenoxy) is 1. The first kappa shape index (κ1) is 24.4. The Hall–Kier alpha value is -4.30. The third kappa shape index (κ3) is 4.09. The number of rotatable bonds is 3. The summed E-state index contributed by atoms with van der Waals surface area (Å²) in [5, 5.41) is 9.85. The molecule has 0 fully saturated rings. The fraction of sp³-hybridized carbons (Fsp3) is 0.115. The largest absolute Gasteiger partial charge is 0.439 e. The van der Waals surface area contributed by atoms with Gasteiger partial charge in [0.1, 0.15) is 22.4 Å². The minimum absolute atomic E-state index is 0.104. The van der Waals surface area contributed by atoms with E-state index in [0.717, 1.165) is 28.6 Å². The van der Waals surface area contributed by atoms with Crippen molar-refractivity contribution >= 4 is 21.5 Å². The number of hydrogen-bond donors (Lipinski definition) is 1. The van der Waals surface area contributed by atoms with Crippen molar-refractivity contribution in [1.29, 1.82) is 5.26 Å². The molecule has 6 nitrogen and oxygen atoms in total. The lowest BCUT2D eigenvalue weighted by Gasteiger charge is -2.38. The summed E-state index contributed by atoms with van der Waals surface area (Å²) in [5.41, 5.74) is 6.09. The second kappa shape index (κ2) is 8.67. The van der Waals surface area contributed by atoms with Gasteiger partial charge in [0.05, 0.1) is 23.7 Å². The molecule has 0 unspecified atom stereocenters. The predicted octanol–water partition coefficient (Wildman–Crippen LogP) is 5.37. The Morgan fingerprint density at radius 1 is 1.00 bits per heavy atom. The topological polar surface area (TPSA) is 96.4 Å². The van der Waals surface area contributed by atoms with E-state index in [9.17, 15) is 31.2 Å². The van der Waals surface area contributed by atoms with Crippen LogP contribution in [0.2, 0.25) is 0 Å². The molecule has 0 saturated carbocycles. The molecule has 2 heterocycles. The first-order chi connectivity index (χ1) is 17.5. The number of anilines is 1. The van der Waals surface area contributed by atoms with Gasteiger partial charge in [-0.15, -0.1) is 0 Å². The van der Waals surface area contributed by atoms with E-state index >= 15 is 0 Å². The summed E-state index contributed by atoms with van der Waals surface area (Å²) in [6, 6.07) is 17.5. The maximum absolute atomic E-state index is 14.1. The average molecular weight is 527 g/mol. The van der Waals surface area contributed by atoms with Crippen molar-refractivity contribution in [2.24, 2.45) is 5.73 Å². The molecule has 0 spiro atoms. The van der Waals surface area contributed by atoms with Gasteiger partial charge in [0.2, 0.25) is 5.88 Å². The highest BCUT2D eigenvalue weighted by Gasteiger charge is 2.47. The summed E-state index contributed by atoms with van der Waals surface area (Å²) in [6.45, 7) is -0.169. The fourth-order valence-electron chi connectivity index (χ4n) is 4.43. The van der Waals surface area contributed by atoms with Crippen LogP contribution in [0.4, 0.5) is 23.2 Å². The number of nitrogens with two attached hydrogens (primary N) is 1. The molecule has 2 aliphatic heterocycles. The molecule has 0 amide bonds. The molecular weight excluding hydrogens is 510 g/mol. The number of para-hydroxylation sites is 1. The van der Waals surface area contributed by atoms with Crippen LogP contribution in [0.15, 0.2) is 89.2 Å². The summed E-state index contributed by atoms with van der Waals surface area (Å²) in [4.78, 5) is -0.321. The van der Waals surface area contributed by atoms with Crippen molar-refractivity contribution in [3.05, 3.63) is 117 Å². The molecule has 3 aromatic rings. The molecule has 0 bridgehead atoms. The van der Waals surface area contributed by atoms with Gasteiger partial charge in [-0.3, -0.25) is 4.31 Å². The standard InChI is InChI=1S/C26H17F4N3O3S/c27-18-11-5-15(6-12-18)14-33-21-4-2-1-3-19(21)23-24(37(33,34)35)22(20(13-31)25(32)36-23)16-7-9-17(10-8-16)26(28,29)30/h1-12,22H,14,32H2/t22-/m0/s1. The van der Waals surface area contributed by atoms with E-state index in [1.807, 2.05) is 6.07 Å². The van der Waals surface area contributed by atoms with E-state index < -0.39 is 33.5 Å². The lowest BCUT2D eigenvalue weighted by Crippen LogP contribution is -2.39. The number of sulfonamides is 1. The van der Waals surface area contributed by atoms with E-state index in [4.69, 9.17) is 10.5 Å². The molecular formula is C26H17F4N3O3S. The summed E-state index contributed by atoms with van der Waals surface area (Å²) < 4.78 is 88.0. The lowest BCUT2D eigenvalue weighted by molar-refractivity contribution is -0.137. The van der Waals surface area contributed by atoms with Gasteiger partial charge in [-0.1, -0.05) is 36.4 Å². The van der Waals surface area contributed by atoms with Crippen LogP contribution in [0, 0.1) is 17.1 Å². The summed E-state index contributed by atoms with van der Waals surface area (Å²) in [5.74, 6) is -2.25. The molecule has 0 saturated heterocycles. The molecule has 37 heavy (non-hydrogen) atoms. The number of benzene rings is 3. The first-order valence-electron chi connectivity index (χ1n) is 10.9. The summed E-state index contributed by atoms with van der Waals surface area (Å²) in [7, 11) is -4.42. The van der Waals surface area contributed by atoms with E-state index in [1.54, 1.807) is 24.3 Å². The first-order valence-corrected chi connectivity index (χ1v) is 12.3. The van der Waals surface area contributed by atoms with Crippen molar-refractivity contribution in [1.82, 2.24) is 0 Å². The average Bonchev–Trinajstić information content (AvgIpc) is 2.86. The zero-order chi connectivity index (χ0) is 26.5. The highest BCUT2D eigenvalue weighted by atomic mass is 32.2. The Labute approximate surface area is 209 Å². The molecule has 3 aromatic carbocycles. The molecule has 0 aromatic heterocycles. The molecule has 5 rings (SSSR count). The molecule has 2 N–H and O–H groups in total. The number of hydrogen-bond acceptors (Lipinski definition) is 5. The van der Waals surface area contributed by atoms with Crippen molar-refractivity contribution in [3.63, 3.8) is 0 Å². The second-order valence-corrected chi connectivity index (χ2v) is 10.2. The van der Waals surface area contributed by atoms with Gasteiger partial charge >= 0.3 is 6.18 Å². The molecule has 1 atom stereocenters. The van der Waals surface area contributed by atoms with Crippen LogP contribution in [0.1, 0.15) is 28.2 Å². The van der Waals surface area contributed by atoms with Gasteiger partial charge in [-0.2, -0.15) is 18.4 Å². The van der Waals surface area contributed by atoms with E-state index in [2.05, 4.69) is 0 Å². The number of allylic oxidation sites excluding steroid dienone is 2. The van der Waals surface area contributed by atoms with Crippen LogP contribution in [0.5, 0.6) is 0 Å². The zero-order valence-electron chi connectivity index (χ0n) is 18.8. The van der Waals surface area contributed by atoms with Crippen LogP contribution in [-0.2, 0) is 27.5 Å². The van der Waals surface area contributed by atoms with E-state index in [-0.39, 0.29) is 39.9 Å². The normalized spacial score (nSPS) is 18.6. The van der Waals surface area contributed by atoms with Gasteiger partial charge in [0.15, 0.2) is 5.76 Å². The van der Waals surface area contributed by atoms with Gasteiger partial charge in [0, 0.05) is 5.56 Å². The van der Waals surface area contributed by atoms with Crippen LogP contribution >= 0.6 is 0 Å². The number of fused-ring (bicyclic) bond motifs is 2. The predicted molar refractivity (Wildman–Crippen MR) is 127 cm³/mol. The van der Waals surface area contributed by atoms with E-state index in [0.29, 0.717) is 11.1 Å². The van der Waals surface area contributed by atoms with E-state index in [1.165, 1.54) is 24.3 Å². The highest BCUT2D eigenvalue weighted by Crippen LogP contribution is 2.51. The maximum Gasteiger partial charge on any atom is 0.416 e. The molecule has 11 heteroatoms. The second-order valence-electron chi connectivity index (χ2n) is 8.39. The smallest absolute Gasteiger partial charge is 0.416 e. The Balaban J connectivity index is 1.72. The summed E-state index contributed by atoms with van der Waals surface area (Å²) in [6.07, 6.45) is -4.60. The monoisotopic (exact) mass is 527 g/mol. The Morgan fingerprint density at radius 2 is 1.65 bits per heavy atom. The van der Waals surface area contributed by atoms with Crippen LogP contribution < -0.4 is 10.0 Å². The fourth-order valence-corrected chi connectivity index (χ4v) is 6.35. The maximum atomic E-state index is 14.1. The lowest BCUT2D eigenvalue weighted by atomic mass is 9.88. The Morgan fingerprint density at radius 3 is 2.27 bits per heavy atom. The van der Waals surface area contributed by atoms with Gasteiger partial charge < -0.3 is 10.5 Å². The number of nitriles is 1. The molecule has 0 radical (unpaired) electrons. The highest BCUT2D eigenvalue weighted by molar-refractivity contribution is 7.96. The molecule has 188 valence electrons. The van der Waals surface area contributed by atoms with Gasteiger partial charge in [0.25, 0.3) is 10.0 Å². The molecule has 0 aliphatic carbocycles. The Bertz CT molecular complexity index is 1600. The minimum atomic E-state index is -4.60. The minimum Gasteiger partial charge on any atom is -0.439 e. The third-order valence-corrected chi connectivity index (χ3v) is 8.05. The van der Waals surface area contributed by atoms with Crippen LogP contribution in [0.3, 0.4) is 0 Å². The van der Waals surface area contributed by atoms with Crippen LogP contribution in [0.25, 0.3) is 5.76 Å². The SMILES string of the molecule is N#CC1=C(N)OC2=C([C@H]1c1ccc(C(F)(F)F)cc1)S(=O)(=O)N(Cc1ccc(F)cc1)c1ccccc12.